The average molecular weight is 313 g/mol. The van der Waals surface area contributed by atoms with E-state index in [1.165, 1.54) is 24.3 Å². The van der Waals surface area contributed by atoms with E-state index in [2.05, 4.69) is 0 Å². The van der Waals surface area contributed by atoms with Gasteiger partial charge in [0.25, 0.3) is 0 Å². The molecule has 8 heteroatoms. The summed E-state index contributed by atoms with van der Waals surface area (Å²) in [4.78, 5) is 26.5. The van der Waals surface area contributed by atoms with E-state index in [-0.39, 0.29) is 11.6 Å². The Hall–Kier alpha value is -1.67. The standard InChI is InChI=1S/C13H19N3O4S/c1-9(17)12-8-11(16(19)20)13(21-12)15-5-3-4-14(6-7-15)10(2)18/h8-9,17H,3-7H2,1-2H3/t9-/m0/s1. The molecule has 2 rings (SSSR count). The van der Waals surface area contributed by atoms with Crippen LogP contribution in [0.15, 0.2) is 6.07 Å². The highest BCUT2D eigenvalue weighted by molar-refractivity contribution is 7.16. The number of thiophene rings is 1. The van der Waals surface area contributed by atoms with Gasteiger partial charge in [-0.05, 0) is 13.3 Å². The van der Waals surface area contributed by atoms with Gasteiger partial charge in [0.2, 0.25) is 5.91 Å². The van der Waals surface area contributed by atoms with Gasteiger partial charge in [0.1, 0.15) is 0 Å². The predicted molar refractivity (Wildman–Crippen MR) is 80.7 cm³/mol. The van der Waals surface area contributed by atoms with Crippen molar-refractivity contribution in [1.29, 1.82) is 0 Å². The van der Waals surface area contributed by atoms with Crippen LogP contribution in [-0.4, -0.2) is 47.0 Å². The topological polar surface area (TPSA) is 86.9 Å². The third-order valence-corrected chi connectivity index (χ3v) is 4.90. The molecule has 1 fully saturated rings. The zero-order valence-corrected chi connectivity index (χ0v) is 12.9. The molecule has 2 heterocycles. The summed E-state index contributed by atoms with van der Waals surface area (Å²) in [6.07, 6.45) is 0.0571. The SMILES string of the molecule is CC(=O)N1CCCN(c2sc([C@H](C)O)cc2[N+](=O)[O-])CC1. The second kappa shape index (κ2) is 6.40. The van der Waals surface area contributed by atoms with Gasteiger partial charge in [-0.1, -0.05) is 0 Å². The Labute approximate surface area is 126 Å². The molecule has 1 N–H and O–H groups in total. The highest BCUT2D eigenvalue weighted by Crippen LogP contribution is 2.40. The van der Waals surface area contributed by atoms with Crippen molar-refractivity contribution in [1.82, 2.24) is 4.90 Å². The first kappa shape index (κ1) is 15.7. The molecule has 0 radical (unpaired) electrons. The summed E-state index contributed by atoms with van der Waals surface area (Å²) < 4.78 is 0. The Morgan fingerprint density at radius 1 is 1.43 bits per heavy atom. The van der Waals surface area contributed by atoms with E-state index in [1.54, 1.807) is 11.8 Å². The Balaban J connectivity index is 2.24. The predicted octanol–water partition coefficient (Wildman–Crippen LogP) is 1.77. The van der Waals surface area contributed by atoms with Crippen molar-refractivity contribution >= 4 is 27.9 Å². The fourth-order valence-corrected chi connectivity index (χ4v) is 3.50. The van der Waals surface area contributed by atoms with E-state index in [4.69, 9.17) is 0 Å². The lowest BCUT2D eigenvalue weighted by Crippen LogP contribution is -2.33. The van der Waals surface area contributed by atoms with E-state index in [0.717, 1.165) is 6.42 Å². The lowest BCUT2D eigenvalue weighted by Gasteiger charge is -2.21. The third kappa shape index (κ3) is 3.51. The van der Waals surface area contributed by atoms with E-state index in [0.29, 0.717) is 36.1 Å². The van der Waals surface area contributed by atoms with Crippen LogP contribution in [0.4, 0.5) is 10.7 Å². The molecule has 1 amide bonds. The smallest absolute Gasteiger partial charge is 0.304 e. The molecule has 1 aliphatic heterocycles. The summed E-state index contributed by atoms with van der Waals surface area (Å²) in [5, 5.41) is 21.4. The van der Waals surface area contributed by atoms with Crippen LogP contribution >= 0.6 is 11.3 Å². The second-order valence-corrected chi connectivity index (χ2v) is 6.18. The maximum atomic E-state index is 11.4. The molecule has 1 aliphatic rings. The van der Waals surface area contributed by atoms with Crippen LogP contribution in [0.2, 0.25) is 0 Å². The van der Waals surface area contributed by atoms with Gasteiger partial charge in [-0.15, -0.1) is 11.3 Å². The Kier molecular flexibility index (Phi) is 4.79. The van der Waals surface area contributed by atoms with Crippen LogP contribution in [0.5, 0.6) is 0 Å². The number of aliphatic hydroxyl groups is 1. The zero-order chi connectivity index (χ0) is 15.6. The van der Waals surface area contributed by atoms with E-state index < -0.39 is 11.0 Å². The van der Waals surface area contributed by atoms with Crippen molar-refractivity contribution in [3.8, 4) is 0 Å². The highest BCUT2D eigenvalue weighted by Gasteiger charge is 2.27. The Morgan fingerprint density at radius 2 is 2.14 bits per heavy atom. The van der Waals surface area contributed by atoms with Crippen LogP contribution in [-0.2, 0) is 4.79 Å². The number of aliphatic hydroxyl groups excluding tert-OH is 1. The number of carbonyl (C=O) groups is 1. The number of carbonyl (C=O) groups excluding carboxylic acids is 1. The lowest BCUT2D eigenvalue weighted by molar-refractivity contribution is -0.383. The summed E-state index contributed by atoms with van der Waals surface area (Å²) in [5.41, 5.74) is 0.0344. The minimum Gasteiger partial charge on any atom is -0.388 e. The normalized spacial score (nSPS) is 17.5. The van der Waals surface area contributed by atoms with Crippen LogP contribution in [0.1, 0.15) is 31.2 Å². The quantitative estimate of drug-likeness (QED) is 0.679. The first-order chi connectivity index (χ1) is 9.90. The first-order valence-corrected chi connectivity index (χ1v) is 7.68. The van der Waals surface area contributed by atoms with Gasteiger partial charge >= 0.3 is 5.69 Å². The minimum atomic E-state index is -0.719. The highest BCUT2D eigenvalue weighted by atomic mass is 32.1. The van der Waals surface area contributed by atoms with Crippen molar-refractivity contribution in [3.63, 3.8) is 0 Å². The summed E-state index contributed by atoms with van der Waals surface area (Å²) in [7, 11) is 0. The van der Waals surface area contributed by atoms with Crippen molar-refractivity contribution < 1.29 is 14.8 Å². The molecule has 21 heavy (non-hydrogen) atoms. The summed E-state index contributed by atoms with van der Waals surface area (Å²) in [6, 6.07) is 1.44. The Bertz CT molecular complexity index is 544. The molecule has 7 nitrogen and oxygen atoms in total. The molecule has 0 aromatic carbocycles. The molecule has 116 valence electrons. The van der Waals surface area contributed by atoms with Crippen molar-refractivity contribution in [2.45, 2.75) is 26.4 Å². The molecular weight excluding hydrogens is 294 g/mol. The van der Waals surface area contributed by atoms with Crippen LogP contribution in [0.3, 0.4) is 0 Å². The molecular formula is C13H19N3O4S. The second-order valence-electron chi connectivity index (χ2n) is 5.12. The van der Waals surface area contributed by atoms with Gasteiger partial charge in [-0.3, -0.25) is 14.9 Å². The number of anilines is 1. The molecule has 0 aliphatic carbocycles. The molecule has 1 atom stereocenters. The maximum Gasteiger partial charge on any atom is 0.304 e. The van der Waals surface area contributed by atoms with Crippen molar-refractivity contribution in [3.05, 3.63) is 21.1 Å². The van der Waals surface area contributed by atoms with E-state index in [9.17, 15) is 20.0 Å². The summed E-state index contributed by atoms with van der Waals surface area (Å²) in [5.74, 6) is 0.0298. The van der Waals surface area contributed by atoms with Gasteiger partial charge < -0.3 is 14.9 Å². The van der Waals surface area contributed by atoms with Gasteiger partial charge in [0.15, 0.2) is 5.00 Å². The van der Waals surface area contributed by atoms with E-state index in [1.807, 2.05) is 4.90 Å². The summed E-state index contributed by atoms with van der Waals surface area (Å²) >= 11 is 1.25. The van der Waals surface area contributed by atoms with E-state index >= 15 is 0 Å². The van der Waals surface area contributed by atoms with Crippen LogP contribution in [0, 0.1) is 10.1 Å². The average Bonchev–Trinajstić information content (AvgIpc) is 2.71. The van der Waals surface area contributed by atoms with Gasteiger partial charge in [-0.25, -0.2) is 0 Å². The first-order valence-electron chi connectivity index (χ1n) is 6.86. The molecule has 1 saturated heterocycles. The third-order valence-electron chi connectivity index (χ3n) is 3.55. The van der Waals surface area contributed by atoms with Gasteiger partial charge in [0, 0.05) is 44.0 Å². The molecule has 0 bridgehead atoms. The van der Waals surface area contributed by atoms with Gasteiger partial charge in [0.05, 0.1) is 11.0 Å². The minimum absolute atomic E-state index is 0.0298. The molecule has 0 saturated carbocycles. The number of hydrogen-bond acceptors (Lipinski definition) is 6. The number of nitro groups is 1. The molecule has 0 spiro atoms. The lowest BCUT2D eigenvalue weighted by atomic mass is 10.3. The van der Waals surface area contributed by atoms with Crippen LogP contribution < -0.4 is 4.90 Å². The van der Waals surface area contributed by atoms with Crippen molar-refractivity contribution in [2.24, 2.45) is 0 Å². The molecule has 1 aromatic heterocycles. The largest absolute Gasteiger partial charge is 0.388 e. The number of hydrogen-bond donors (Lipinski definition) is 1. The van der Waals surface area contributed by atoms with Crippen molar-refractivity contribution in [2.75, 3.05) is 31.1 Å². The number of rotatable bonds is 3. The van der Waals surface area contributed by atoms with Gasteiger partial charge in [-0.2, -0.15) is 0 Å². The summed E-state index contributed by atoms with van der Waals surface area (Å²) in [6.45, 7) is 5.61. The van der Waals surface area contributed by atoms with Crippen LogP contribution in [0.25, 0.3) is 0 Å². The maximum absolute atomic E-state index is 11.4. The monoisotopic (exact) mass is 313 g/mol. The fourth-order valence-electron chi connectivity index (χ4n) is 2.39. The fraction of sp³-hybridized carbons (Fsp3) is 0.615. The number of nitrogens with zero attached hydrogens (tertiary/aromatic N) is 3. The molecule has 0 unspecified atom stereocenters. The zero-order valence-electron chi connectivity index (χ0n) is 12.1. The Morgan fingerprint density at radius 3 is 2.71 bits per heavy atom. The molecule has 1 aromatic rings. The number of amides is 1.